The number of imidazole rings is 1. The van der Waals surface area contributed by atoms with Gasteiger partial charge in [0, 0.05) is 14.7 Å². The fourth-order valence-corrected chi connectivity index (χ4v) is 2.25. The quantitative estimate of drug-likeness (QED) is 0.438. The molecule has 0 atom stereocenters. The summed E-state index contributed by atoms with van der Waals surface area (Å²) in [6.45, 7) is 9.55. The molecule has 6 nitrogen and oxygen atoms in total. The van der Waals surface area contributed by atoms with Crippen molar-refractivity contribution in [3.05, 3.63) is 17.7 Å². The molecule has 0 saturated heterocycles. The van der Waals surface area contributed by atoms with Crippen molar-refractivity contribution in [3.63, 3.8) is 0 Å². The molecule has 0 saturated carbocycles. The molecule has 0 spiro atoms. The standard InChI is InChI=1S/C13H21N3O3Si/c1-5-19-13(17)11-9-15-12(8-14)16(11)10-18-6-7-20(2,3)4/h9H,5-7,10H2,1-4H3. The summed E-state index contributed by atoms with van der Waals surface area (Å²) in [5, 5.41) is 9.00. The number of aromatic nitrogens is 2. The van der Waals surface area contributed by atoms with Gasteiger partial charge in [0.05, 0.1) is 12.8 Å². The zero-order chi connectivity index (χ0) is 15.2. The number of carbonyl (C=O) groups excluding carboxylic acids is 1. The predicted molar refractivity (Wildman–Crippen MR) is 77.0 cm³/mol. The highest BCUT2D eigenvalue weighted by Gasteiger charge is 2.18. The molecule has 1 rings (SSSR count). The number of nitriles is 1. The summed E-state index contributed by atoms with van der Waals surface area (Å²) >= 11 is 0. The van der Waals surface area contributed by atoms with E-state index in [-0.39, 0.29) is 24.9 Å². The number of hydrogen-bond donors (Lipinski definition) is 0. The zero-order valence-electron chi connectivity index (χ0n) is 12.5. The number of rotatable bonds is 7. The number of nitrogens with zero attached hydrogens (tertiary/aromatic N) is 3. The number of carbonyl (C=O) groups is 1. The van der Waals surface area contributed by atoms with Crippen LogP contribution in [0.4, 0.5) is 0 Å². The molecule has 0 N–H and O–H groups in total. The molecular weight excluding hydrogens is 274 g/mol. The van der Waals surface area contributed by atoms with Crippen LogP contribution in [-0.4, -0.2) is 36.8 Å². The van der Waals surface area contributed by atoms with Gasteiger partial charge in [0.15, 0.2) is 0 Å². The van der Waals surface area contributed by atoms with E-state index in [1.54, 1.807) is 6.92 Å². The van der Waals surface area contributed by atoms with Crippen molar-refractivity contribution in [3.8, 4) is 6.07 Å². The number of esters is 1. The summed E-state index contributed by atoms with van der Waals surface area (Å²) in [6.07, 6.45) is 1.35. The molecule has 0 amide bonds. The lowest BCUT2D eigenvalue weighted by molar-refractivity contribution is 0.0472. The van der Waals surface area contributed by atoms with E-state index in [0.29, 0.717) is 6.61 Å². The molecule has 0 bridgehead atoms. The normalized spacial score (nSPS) is 11.2. The number of ether oxygens (including phenoxy) is 2. The van der Waals surface area contributed by atoms with Crippen LogP contribution in [0.5, 0.6) is 0 Å². The molecule has 1 heterocycles. The minimum atomic E-state index is -1.16. The molecule has 0 aliphatic heterocycles. The predicted octanol–water partition coefficient (Wildman–Crippen LogP) is 2.24. The van der Waals surface area contributed by atoms with Crippen molar-refractivity contribution in [2.45, 2.75) is 39.3 Å². The highest BCUT2D eigenvalue weighted by molar-refractivity contribution is 6.76. The van der Waals surface area contributed by atoms with Gasteiger partial charge in [0.2, 0.25) is 5.82 Å². The van der Waals surface area contributed by atoms with E-state index in [4.69, 9.17) is 14.7 Å². The minimum Gasteiger partial charge on any atom is -0.461 e. The molecule has 0 aliphatic carbocycles. The lowest BCUT2D eigenvalue weighted by Crippen LogP contribution is -2.22. The lowest BCUT2D eigenvalue weighted by Gasteiger charge is -2.16. The maximum absolute atomic E-state index is 11.7. The summed E-state index contributed by atoms with van der Waals surface area (Å²) in [4.78, 5) is 15.6. The first kappa shape index (κ1) is 16.4. The molecule has 0 aromatic carbocycles. The molecule has 0 radical (unpaired) electrons. The Labute approximate surface area is 120 Å². The van der Waals surface area contributed by atoms with Crippen LogP contribution >= 0.6 is 0 Å². The maximum Gasteiger partial charge on any atom is 0.356 e. The first-order valence-electron chi connectivity index (χ1n) is 6.59. The first-order chi connectivity index (χ1) is 9.39. The minimum absolute atomic E-state index is 0.140. The molecule has 7 heteroatoms. The Balaban J connectivity index is 2.70. The van der Waals surface area contributed by atoms with Crippen molar-refractivity contribution < 1.29 is 14.3 Å². The Bertz CT molecular complexity index is 500. The third-order valence-corrected chi connectivity index (χ3v) is 4.36. The van der Waals surface area contributed by atoms with E-state index in [0.717, 1.165) is 6.04 Å². The van der Waals surface area contributed by atoms with Crippen molar-refractivity contribution in [1.29, 1.82) is 5.26 Å². The summed E-state index contributed by atoms with van der Waals surface area (Å²) in [5.41, 5.74) is 0.247. The van der Waals surface area contributed by atoms with E-state index in [2.05, 4.69) is 24.6 Å². The molecule has 0 aliphatic rings. The Hall–Kier alpha value is -1.65. The van der Waals surface area contributed by atoms with Crippen LogP contribution in [0, 0.1) is 11.3 Å². The van der Waals surface area contributed by atoms with E-state index in [1.807, 2.05) is 6.07 Å². The molecule has 110 valence electrons. The van der Waals surface area contributed by atoms with Gasteiger partial charge in [-0.25, -0.2) is 9.78 Å². The molecule has 20 heavy (non-hydrogen) atoms. The van der Waals surface area contributed by atoms with Gasteiger partial charge in [-0.05, 0) is 13.0 Å². The van der Waals surface area contributed by atoms with E-state index < -0.39 is 14.0 Å². The fourth-order valence-electron chi connectivity index (χ4n) is 1.50. The van der Waals surface area contributed by atoms with Crippen LogP contribution in [0.1, 0.15) is 23.2 Å². The number of hydrogen-bond acceptors (Lipinski definition) is 5. The zero-order valence-corrected chi connectivity index (χ0v) is 13.5. The van der Waals surface area contributed by atoms with Crippen molar-refractivity contribution in [2.75, 3.05) is 13.2 Å². The van der Waals surface area contributed by atoms with Gasteiger partial charge in [-0.1, -0.05) is 19.6 Å². The average Bonchev–Trinajstić information content (AvgIpc) is 2.76. The Kier molecular flexibility index (Phi) is 5.92. The van der Waals surface area contributed by atoms with E-state index in [1.165, 1.54) is 10.8 Å². The molecule has 1 aromatic rings. The maximum atomic E-state index is 11.7. The van der Waals surface area contributed by atoms with Gasteiger partial charge in [-0.3, -0.25) is 4.57 Å². The van der Waals surface area contributed by atoms with Gasteiger partial charge in [-0.2, -0.15) is 5.26 Å². The SMILES string of the molecule is CCOC(=O)c1cnc(C#N)n1COCC[Si](C)(C)C. The van der Waals surface area contributed by atoms with Crippen LogP contribution in [0.25, 0.3) is 0 Å². The lowest BCUT2D eigenvalue weighted by atomic mass is 10.5. The Morgan fingerprint density at radius 1 is 1.50 bits per heavy atom. The smallest absolute Gasteiger partial charge is 0.356 e. The summed E-state index contributed by atoms with van der Waals surface area (Å²) < 4.78 is 11.9. The van der Waals surface area contributed by atoms with Crippen molar-refractivity contribution >= 4 is 14.0 Å². The van der Waals surface area contributed by atoms with Gasteiger partial charge in [0.25, 0.3) is 0 Å². The highest BCUT2D eigenvalue weighted by Crippen LogP contribution is 2.10. The van der Waals surface area contributed by atoms with Crippen LogP contribution in [-0.2, 0) is 16.2 Å². The van der Waals surface area contributed by atoms with Gasteiger partial charge in [0.1, 0.15) is 18.5 Å². The van der Waals surface area contributed by atoms with Gasteiger partial charge < -0.3 is 9.47 Å². The van der Waals surface area contributed by atoms with Crippen LogP contribution < -0.4 is 0 Å². The monoisotopic (exact) mass is 295 g/mol. The molecule has 0 fully saturated rings. The largest absolute Gasteiger partial charge is 0.461 e. The van der Waals surface area contributed by atoms with Gasteiger partial charge >= 0.3 is 5.97 Å². The van der Waals surface area contributed by atoms with Crippen molar-refractivity contribution in [1.82, 2.24) is 9.55 Å². The van der Waals surface area contributed by atoms with Crippen LogP contribution in [0.3, 0.4) is 0 Å². The second-order valence-corrected chi connectivity index (χ2v) is 11.2. The second kappa shape index (κ2) is 7.22. The Morgan fingerprint density at radius 2 is 2.20 bits per heavy atom. The molecular formula is C13H21N3O3Si. The summed E-state index contributed by atoms with van der Waals surface area (Å²) in [7, 11) is -1.16. The first-order valence-corrected chi connectivity index (χ1v) is 10.3. The van der Waals surface area contributed by atoms with Crippen LogP contribution in [0.2, 0.25) is 25.7 Å². The van der Waals surface area contributed by atoms with Crippen molar-refractivity contribution in [2.24, 2.45) is 0 Å². The van der Waals surface area contributed by atoms with E-state index in [9.17, 15) is 4.79 Å². The molecule has 0 unspecified atom stereocenters. The van der Waals surface area contributed by atoms with Gasteiger partial charge in [-0.15, -0.1) is 0 Å². The summed E-state index contributed by atoms with van der Waals surface area (Å²) in [5.74, 6) is -0.337. The Morgan fingerprint density at radius 3 is 2.75 bits per heavy atom. The van der Waals surface area contributed by atoms with Crippen LogP contribution in [0.15, 0.2) is 6.20 Å². The fraction of sp³-hybridized carbons (Fsp3) is 0.615. The highest BCUT2D eigenvalue weighted by atomic mass is 28.3. The van der Waals surface area contributed by atoms with E-state index >= 15 is 0 Å². The third kappa shape index (κ3) is 4.79. The summed E-state index contributed by atoms with van der Waals surface area (Å²) in [6, 6.07) is 2.97. The average molecular weight is 295 g/mol. The second-order valence-electron chi connectivity index (χ2n) is 5.58. The topological polar surface area (TPSA) is 77.1 Å². The third-order valence-electron chi connectivity index (χ3n) is 2.66. The molecule has 1 aromatic heterocycles.